The van der Waals surface area contributed by atoms with Crippen molar-refractivity contribution >= 4 is 5.91 Å². The van der Waals surface area contributed by atoms with E-state index in [4.69, 9.17) is 4.52 Å². The summed E-state index contributed by atoms with van der Waals surface area (Å²) in [4.78, 5) is 20.5. The van der Waals surface area contributed by atoms with Gasteiger partial charge in [-0.1, -0.05) is 30.1 Å². The zero-order chi connectivity index (χ0) is 18.5. The fraction of sp³-hybridized carbons (Fsp3) is 0.421. The fourth-order valence-corrected chi connectivity index (χ4v) is 3.38. The van der Waals surface area contributed by atoms with Gasteiger partial charge in [0.05, 0.1) is 5.69 Å². The average molecular weight is 366 g/mol. The van der Waals surface area contributed by atoms with Crippen molar-refractivity contribution in [3.8, 4) is 5.69 Å². The molecule has 1 aliphatic carbocycles. The number of carbonyl (C=O) groups excluding carboxylic acids is 1. The Hall–Kier alpha value is -3.03. The van der Waals surface area contributed by atoms with E-state index in [1.165, 1.54) is 19.2 Å². The van der Waals surface area contributed by atoms with Crippen LogP contribution in [0.15, 0.2) is 41.4 Å². The fourth-order valence-electron chi connectivity index (χ4n) is 3.38. The third-order valence-electron chi connectivity index (χ3n) is 4.85. The number of benzene rings is 1. The molecule has 1 aliphatic rings. The van der Waals surface area contributed by atoms with Crippen LogP contribution < -0.4 is 5.32 Å². The van der Waals surface area contributed by atoms with Crippen LogP contribution in [0, 0.1) is 0 Å². The summed E-state index contributed by atoms with van der Waals surface area (Å²) in [5.74, 6) is 1.73. The van der Waals surface area contributed by atoms with Crippen molar-refractivity contribution in [2.45, 2.75) is 51.0 Å². The Morgan fingerprint density at radius 3 is 3.00 bits per heavy atom. The lowest BCUT2D eigenvalue weighted by atomic mass is 10.1. The number of aromatic nitrogens is 5. The molecule has 1 fully saturated rings. The third kappa shape index (κ3) is 4.39. The summed E-state index contributed by atoms with van der Waals surface area (Å²) in [6.07, 6.45) is 8.65. The Labute approximate surface area is 157 Å². The predicted octanol–water partition coefficient (Wildman–Crippen LogP) is 2.56. The van der Waals surface area contributed by atoms with Crippen LogP contribution in [-0.4, -0.2) is 30.8 Å². The minimum absolute atomic E-state index is 0.0400. The van der Waals surface area contributed by atoms with Gasteiger partial charge in [0.2, 0.25) is 11.8 Å². The smallest absolute Gasteiger partial charge is 0.227 e. The van der Waals surface area contributed by atoms with E-state index in [2.05, 4.69) is 25.5 Å². The number of carbonyl (C=O) groups is 1. The van der Waals surface area contributed by atoms with Gasteiger partial charge in [-0.2, -0.15) is 10.1 Å². The molecular weight excluding hydrogens is 344 g/mol. The Morgan fingerprint density at radius 1 is 1.30 bits per heavy atom. The number of nitrogens with one attached hydrogen (secondary N) is 1. The van der Waals surface area contributed by atoms with E-state index in [1.807, 2.05) is 24.3 Å². The normalized spacial score (nSPS) is 14.5. The lowest BCUT2D eigenvalue weighted by Gasteiger charge is -2.07. The number of nitrogens with zero attached hydrogens (tertiary/aromatic N) is 5. The molecule has 0 unspecified atom stereocenters. The van der Waals surface area contributed by atoms with E-state index in [-0.39, 0.29) is 5.91 Å². The molecule has 0 bridgehead atoms. The maximum atomic E-state index is 12.1. The summed E-state index contributed by atoms with van der Waals surface area (Å²) in [6.45, 7) is 0.457. The zero-order valence-electron chi connectivity index (χ0n) is 15.0. The molecule has 3 aromatic rings. The second kappa shape index (κ2) is 8.11. The van der Waals surface area contributed by atoms with E-state index in [9.17, 15) is 4.79 Å². The van der Waals surface area contributed by atoms with Gasteiger partial charge in [0, 0.05) is 25.3 Å². The van der Waals surface area contributed by atoms with Gasteiger partial charge in [-0.05, 0) is 30.5 Å². The van der Waals surface area contributed by atoms with Crippen LogP contribution in [0.5, 0.6) is 0 Å². The average Bonchev–Trinajstić information content (AvgIpc) is 3.46. The highest BCUT2D eigenvalue weighted by Gasteiger charge is 2.22. The summed E-state index contributed by atoms with van der Waals surface area (Å²) in [6, 6.07) is 7.81. The van der Waals surface area contributed by atoms with E-state index >= 15 is 0 Å². The van der Waals surface area contributed by atoms with Crippen LogP contribution in [0.4, 0.5) is 0 Å². The first kappa shape index (κ1) is 17.4. The Kier molecular flexibility index (Phi) is 5.22. The molecule has 8 heteroatoms. The zero-order valence-corrected chi connectivity index (χ0v) is 15.0. The summed E-state index contributed by atoms with van der Waals surface area (Å²) in [7, 11) is 0. The van der Waals surface area contributed by atoms with Crippen molar-refractivity contribution in [2.75, 3.05) is 0 Å². The summed E-state index contributed by atoms with van der Waals surface area (Å²) in [5.41, 5.74) is 1.90. The highest BCUT2D eigenvalue weighted by molar-refractivity contribution is 5.76. The topological polar surface area (TPSA) is 98.7 Å². The van der Waals surface area contributed by atoms with Gasteiger partial charge in [-0.3, -0.25) is 4.79 Å². The molecule has 2 aromatic heterocycles. The van der Waals surface area contributed by atoms with Gasteiger partial charge in [0.25, 0.3) is 0 Å². The highest BCUT2D eigenvalue weighted by atomic mass is 16.5. The molecule has 0 radical (unpaired) electrons. The van der Waals surface area contributed by atoms with Crippen LogP contribution >= 0.6 is 0 Å². The number of hydrogen-bond donors (Lipinski definition) is 1. The van der Waals surface area contributed by atoms with Crippen molar-refractivity contribution in [3.05, 3.63) is 54.2 Å². The number of rotatable bonds is 7. The standard InChI is InChI=1S/C19H22N6O2/c26-17(8-9-18-23-19(24-27-18)15-5-1-2-6-15)21-11-14-4-3-7-16(10-14)25-13-20-12-22-25/h3-4,7,10,12-13,15H,1-2,5-6,8-9,11H2,(H,21,26). The van der Waals surface area contributed by atoms with Gasteiger partial charge in [-0.15, -0.1) is 0 Å². The van der Waals surface area contributed by atoms with Crippen molar-refractivity contribution in [1.29, 1.82) is 0 Å². The first-order chi connectivity index (χ1) is 13.3. The second-order valence-corrected chi connectivity index (χ2v) is 6.81. The molecule has 0 spiro atoms. The number of hydrogen-bond acceptors (Lipinski definition) is 6. The predicted molar refractivity (Wildman–Crippen MR) is 97.0 cm³/mol. The van der Waals surface area contributed by atoms with E-state index < -0.39 is 0 Å². The van der Waals surface area contributed by atoms with Crippen LogP contribution in [-0.2, 0) is 17.8 Å². The minimum atomic E-state index is -0.0400. The molecule has 27 heavy (non-hydrogen) atoms. The number of aryl methyl sites for hydroxylation is 1. The molecule has 1 amide bonds. The molecule has 2 heterocycles. The molecule has 1 aromatic carbocycles. The second-order valence-electron chi connectivity index (χ2n) is 6.81. The molecule has 0 aliphatic heterocycles. The van der Waals surface area contributed by atoms with Gasteiger partial charge in [0.1, 0.15) is 12.7 Å². The first-order valence-electron chi connectivity index (χ1n) is 9.31. The maximum absolute atomic E-state index is 12.1. The van der Waals surface area contributed by atoms with Crippen LogP contribution in [0.2, 0.25) is 0 Å². The maximum Gasteiger partial charge on any atom is 0.227 e. The van der Waals surface area contributed by atoms with Crippen LogP contribution in [0.1, 0.15) is 55.3 Å². The van der Waals surface area contributed by atoms with E-state index in [0.29, 0.717) is 31.2 Å². The molecule has 140 valence electrons. The van der Waals surface area contributed by atoms with Crippen LogP contribution in [0.25, 0.3) is 5.69 Å². The monoisotopic (exact) mass is 366 g/mol. The molecule has 4 rings (SSSR count). The first-order valence-corrected chi connectivity index (χ1v) is 9.31. The minimum Gasteiger partial charge on any atom is -0.352 e. The molecule has 0 atom stereocenters. The lowest BCUT2D eigenvalue weighted by molar-refractivity contribution is -0.121. The third-order valence-corrected chi connectivity index (χ3v) is 4.85. The summed E-state index contributed by atoms with van der Waals surface area (Å²) in [5, 5.41) is 11.1. The van der Waals surface area contributed by atoms with Gasteiger partial charge >= 0.3 is 0 Å². The molecule has 8 nitrogen and oxygen atoms in total. The largest absolute Gasteiger partial charge is 0.352 e. The molecular formula is C19H22N6O2. The Morgan fingerprint density at radius 2 is 2.19 bits per heavy atom. The van der Waals surface area contributed by atoms with Crippen LogP contribution in [0.3, 0.4) is 0 Å². The van der Waals surface area contributed by atoms with E-state index in [0.717, 1.165) is 29.9 Å². The molecule has 0 saturated heterocycles. The van der Waals surface area contributed by atoms with Crippen molar-refractivity contribution in [3.63, 3.8) is 0 Å². The van der Waals surface area contributed by atoms with Gasteiger partial charge in [-0.25, -0.2) is 9.67 Å². The quantitative estimate of drug-likeness (QED) is 0.690. The number of amides is 1. The lowest BCUT2D eigenvalue weighted by Crippen LogP contribution is -2.23. The van der Waals surface area contributed by atoms with Gasteiger partial charge in [0.15, 0.2) is 5.82 Å². The van der Waals surface area contributed by atoms with Crippen molar-refractivity contribution < 1.29 is 9.32 Å². The Bertz CT molecular complexity index is 883. The van der Waals surface area contributed by atoms with Crippen molar-refractivity contribution in [2.24, 2.45) is 0 Å². The van der Waals surface area contributed by atoms with Crippen molar-refractivity contribution in [1.82, 2.24) is 30.2 Å². The molecule has 1 saturated carbocycles. The highest BCUT2D eigenvalue weighted by Crippen LogP contribution is 2.32. The Balaban J connectivity index is 1.26. The SMILES string of the molecule is O=C(CCc1nc(C2CCCC2)no1)NCc1cccc(-n2cncn2)c1. The summed E-state index contributed by atoms with van der Waals surface area (Å²) < 4.78 is 6.97. The van der Waals surface area contributed by atoms with E-state index in [1.54, 1.807) is 11.0 Å². The van der Waals surface area contributed by atoms with Gasteiger partial charge < -0.3 is 9.84 Å². The molecule has 1 N–H and O–H groups in total. The summed E-state index contributed by atoms with van der Waals surface area (Å²) >= 11 is 0.